The van der Waals surface area contributed by atoms with Crippen molar-refractivity contribution in [3.63, 3.8) is 0 Å². The largest absolute Gasteiger partial charge is 0.467 e. The van der Waals surface area contributed by atoms with Crippen molar-refractivity contribution in [3.05, 3.63) is 29.3 Å². The number of aliphatic hydroxyl groups is 1. The maximum atomic E-state index is 11.9. The maximum Gasteiger partial charge on any atom is 0.412 e. The number of ether oxygens (including phenoxy) is 2. The van der Waals surface area contributed by atoms with Gasteiger partial charge in [-0.15, -0.1) is 0 Å². The topological polar surface area (TPSA) is 84.9 Å². The molecule has 0 aromatic heterocycles. The summed E-state index contributed by atoms with van der Waals surface area (Å²) in [4.78, 5) is 23.5. The van der Waals surface area contributed by atoms with E-state index >= 15 is 0 Å². The van der Waals surface area contributed by atoms with Crippen LogP contribution in [0.4, 0.5) is 10.5 Å². The van der Waals surface area contributed by atoms with Crippen LogP contribution in [0, 0.1) is 6.92 Å². The van der Waals surface area contributed by atoms with Crippen molar-refractivity contribution in [1.29, 1.82) is 0 Å². The number of aliphatic hydroxyl groups excluding tert-OH is 1. The summed E-state index contributed by atoms with van der Waals surface area (Å²) in [5.41, 5.74) is 0.750. The summed E-state index contributed by atoms with van der Waals surface area (Å²) < 4.78 is 9.84. The number of hydrogen-bond donors (Lipinski definition) is 2. The van der Waals surface area contributed by atoms with Gasteiger partial charge in [0.15, 0.2) is 6.10 Å². The van der Waals surface area contributed by atoms with Gasteiger partial charge in [-0.2, -0.15) is 0 Å². The average Bonchev–Trinajstić information content (AvgIpc) is 2.45. The molecule has 0 aliphatic rings. The molecule has 1 unspecified atom stereocenters. The summed E-state index contributed by atoms with van der Waals surface area (Å²) in [6.45, 7) is 10.7. The Balaban J connectivity index is 2.99. The third kappa shape index (κ3) is 4.96. The Morgan fingerprint density at radius 1 is 1.17 bits per heavy atom. The van der Waals surface area contributed by atoms with Crippen molar-refractivity contribution < 1.29 is 24.2 Å². The quantitative estimate of drug-likeness (QED) is 0.825. The molecule has 1 aromatic carbocycles. The molecule has 0 saturated heterocycles. The zero-order valence-electron chi connectivity index (χ0n) is 15.4. The third-order valence-corrected chi connectivity index (χ3v) is 3.71. The molecule has 0 fully saturated rings. The summed E-state index contributed by atoms with van der Waals surface area (Å²) in [5.74, 6) is -0.686. The van der Waals surface area contributed by atoms with Crippen LogP contribution in [-0.2, 0) is 19.7 Å². The van der Waals surface area contributed by atoms with Gasteiger partial charge in [0.2, 0.25) is 0 Å². The molecular weight excluding hydrogens is 310 g/mol. The molecule has 1 aromatic rings. The standard InChI is InChI=1S/C18H27NO5/c1-11-10-12(18(5,6)14(20)15(21)23-7)8-9-13(11)19-16(22)24-17(2,3)4/h8-10,14,20H,1-7H3,(H,19,22). The first-order chi connectivity index (χ1) is 10.9. The van der Waals surface area contributed by atoms with E-state index in [1.165, 1.54) is 7.11 Å². The van der Waals surface area contributed by atoms with E-state index in [1.807, 2.05) is 13.0 Å². The molecule has 0 bridgehead atoms. The lowest BCUT2D eigenvalue weighted by atomic mass is 9.78. The normalized spacial score (nSPS) is 13.2. The van der Waals surface area contributed by atoms with Crippen molar-refractivity contribution in [2.75, 3.05) is 12.4 Å². The van der Waals surface area contributed by atoms with Gasteiger partial charge in [0.25, 0.3) is 0 Å². The molecule has 6 heteroatoms. The summed E-state index contributed by atoms with van der Waals surface area (Å²) in [6.07, 6.45) is -1.82. The Labute approximate surface area is 143 Å². The summed E-state index contributed by atoms with van der Waals surface area (Å²) in [7, 11) is 1.24. The van der Waals surface area contributed by atoms with Crippen LogP contribution in [0.2, 0.25) is 0 Å². The number of amides is 1. The Bertz CT molecular complexity index is 616. The minimum atomic E-state index is -1.29. The van der Waals surface area contributed by atoms with Gasteiger partial charge in [-0.25, -0.2) is 9.59 Å². The van der Waals surface area contributed by atoms with Crippen molar-refractivity contribution in [3.8, 4) is 0 Å². The minimum absolute atomic E-state index is 0.535. The van der Waals surface area contributed by atoms with Crippen LogP contribution in [0.1, 0.15) is 45.7 Å². The second-order valence-electron chi connectivity index (χ2n) is 7.30. The average molecular weight is 337 g/mol. The highest BCUT2D eigenvalue weighted by Crippen LogP contribution is 2.31. The number of hydrogen-bond acceptors (Lipinski definition) is 5. The van der Waals surface area contributed by atoms with Crippen molar-refractivity contribution >= 4 is 17.7 Å². The van der Waals surface area contributed by atoms with Gasteiger partial charge < -0.3 is 14.6 Å². The molecule has 0 aliphatic carbocycles. The maximum absolute atomic E-state index is 11.9. The van der Waals surface area contributed by atoms with E-state index in [0.717, 1.165) is 11.1 Å². The van der Waals surface area contributed by atoms with Gasteiger partial charge >= 0.3 is 12.1 Å². The number of nitrogens with one attached hydrogen (secondary N) is 1. The van der Waals surface area contributed by atoms with Crippen LogP contribution < -0.4 is 5.32 Å². The lowest BCUT2D eigenvalue weighted by molar-refractivity contribution is -0.153. The Hall–Kier alpha value is -2.08. The highest BCUT2D eigenvalue weighted by Gasteiger charge is 2.36. The van der Waals surface area contributed by atoms with Crippen LogP contribution in [0.3, 0.4) is 0 Å². The molecule has 0 radical (unpaired) electrons. The lowest BCUT2D eigenvalue weighted by Gasteiger charge is -2.30. The molecular formula is C18H27NO5. The number of anilines is 1. The van der Waals surface area contributed by atoms with Crippen LogP contribution >= 0.6 is 0 Å². The SMILES string of the molecule is COC(=O)C(O)C(C)(C)c1ccc(NC(=O)OC(C)(C)C)c(C)c1. The highest BCUT2D eigenvalue weighted by atomic mass is 16.6. The first-order valence-electron chi connectivity index (χ1n) is 7.75. The molecule has 24 heavy (non-hydrogen) atoms. The van der Waals surface area contributed by atoms with Crippen molar-refractivity contribution in [2.24, 2.45) is 0 Å². The summed E-state index contributed by atoms with van der Waals surface area (Å²) in [5, 5.41) is 12.9. The molecule has 1 rings (SSSR count). The van der Waals surface area contributed by atoms with E-state index in [9.17, 15) is 14.7 Å². The Morgan fingerprint density at radius 3 is 2.21 bits per heavy atom. The Kier molecular flexibility index (Phi) is 6.00. The monoisotopic (exact) mass is 337 g/mol. The second-order valence-corrected chi connectivity index (χ2v) is 7.30. The number of carbonyl (C=O) groups excluding carboxylic acids is 2. The zero-order chi connectivity index (χ0) is 18.7. The van der Waals surface area contributed by atoms with E-state index in [-0.39, 0.29) is 0 Å². The number of aryl methyl sites for hydroxylation is 1. The van der Waals surface area contributed by atoms with Crippen molar-refractivity contribution in [2.45, 2.75) is 58.7 Å². The molecule has 0 saturated carbocycles. The van der Waals surface area contributed by atoms with E-state index in [0.29, 0.717) is 5.69 Å². The van der Waals surface area contributed by atoms with E-state index in [1.54, 1.807) is 46.8 Å². The highest BCUT2D eigenvalue weighted by molar-refractivity contribution is 5.86. The van der Waals surface area contributed by atoms with Gasteiger partial charge in [0.05, 0.1) is 7.11 Å². The predicted molar refractivity (Wildman–Crippen MR) is 92.1 cm³/mol. The predicted octanol–water partition coefficient (Wildman–Crippen LogP) is 3.15. The fraction of sp³-hybridized carbons (Fsp3) is 0.556. The fourth-order valence-corrected chi connectivity index (χ4v) is 2.18. The third-order valence-electron chi connectivity index (χ3n) is 3.71. The fourth-order valence-electron chi connectivity index (χ4n) is 2.18. The molecule has 2 N–H and O–H groups in total. The van der Waals surface area contributed by atoms with Crippen molar-refractivity contribution in [1.82, 2.24) is 0 Å². The zero-order valence-corrected chi connectivity index (χ0v) is 15.4. The molecule has 6 nitrogen and oxygen atoms in total. The first kappa shape index (κ1) is 20.0. The molecule has 0 heterocycles. The molecule has 1 atom stereocenters. The second kappa shape index (κ2) is 7.21. The van der Waals surface area contributed by atoms with E-state index in [2.05, 4.69) is 10.1 Å². The summed E-state index contributed by atoms with van der Waals surface area (Å²) in [6, 6.07) is 5.30. The number of rotatable bonds is 4. The van der Waals surface area contributed by atoms with Gasteiger partial charge in [0.1, 0.15) is 5.60 Å². The van der Waals surface area contributed by atoms with Crippen LogP contribution in [0.5, 0.6) is 0 Å². The Morgan fingerprint density at radius 2 is 1.75 bits per heavy atom. The van der Waals surface area contributed by atoms with Gasteiger partial charge in [-0.3, -0.25) is 5.32 Å². The molecule has 0 spiro atoms. The van der Waals surface area contributed by atoms with E-state index in [4.69, 9.17) is 4.74 Å². The lowest BCUT2D eigenvalue weighted by Crippen LogP contribution is -2.40. The number of carbonyl (C=O) groups is 2. The molecule has 1 amide bonds. The minimum Gasteiger partial charge on any atom is -0.467 e. The molecule has 134 valence electrons. The first-order valence-corrected chi connectivity index (χ1v) is 7.75. The number of esters is 1. The van der Waals surface area contributed by atoms with Crippen LogP contribution in [0.25, 0.3) is 0 Å². The smallest absolute Gasteiger partial charge is 0.412 e. The summed E-state index contributed by atoms with van der Waals surface area (Å²) >= 11 is 0. The van der Waals surface area contributed by atoms with Gasteiger partial charge in [-0.1, -0.05) is 26.0 Å². The van der Waals surface area contributed by atoms with Gasteiger partial charge in [-0.05, 0) is 44.9 Å². The number of benzene rings is 1. The van der Waals surface area contributed by atoms with Gasteiger partial charge in [0, 0.05) is 11.1 Å². The molecule has 0 aliphatic heterocycles. The van der Waals surface area contributed by atoms with E-state index < -0.39 is 29.2 Å². The van der Waals surface area contributed by atoms with Crippen LogP contribution in [-0.4, -0.2) is 36.0 Å². The van der Waals surface area contributed by atoms with Crippen LogP contribution in [0.15, 0.2) is 18.2 Å². The number of methoxy groups -OCH3 is 1.